The fourth-order valence-corrected chi connectivity index (χ4v) is 2.77. The van der Waals surface area contributed by atoms with E-state index in [0.717, 1.165) is 16.9 Å². The van der Waals surface area contributed by atoms with Crippen LogP contribution in [0.3, 0.4) is 0 Å². The van der Waals surface area contributed by atoms with Crippen molar-refractivity contribution in [2.24, 2.45) is 5.73 Å². The van der Waals surface area contributed by atoms with Gasteiger partial charge in [0.05, 0.1) is 6.61 Å². The van der Waals surface area contributed by atoms with Crippen molar-refractivity contribution < 1.29 is 23.5 Å². The highest BCUT2D eigenvalue weighted by atomic mass is 16.5. The van der Waals surface area contributed by atoms with E-state index in [4.69, 9.17) is 19.6 Å². The number of amides is 1. The fraction of sp³-hybridized carbons (Fsp3) is 0.227. The van der Waals surface area contributed by atoms with E-state index in [1.54, 1.807) is 12.1 Å². The predicted molar refractivity (Wildman–Crippen MR) is 107 cm³/mol. The number of rotatable bonds is 7. The summed E-state index contributed by atoms with van der Waals surface area (Å²) >= 11 is 0. The number of aryl methyl sites for hydroxylation is 2. The highest BCUT2D eigenvalue weighted by Crippen LogP contribution is 2.22. The van der Waals surface area contributed by atoms with Crippen molar-refractivity contribution >= 4 is 22.8 Å². The third-order valence-corrected chi connectivity index (χ3v) is 4.33. The lowest BCUT2D eigenvalue weighted by Gasteiger charge is -2.10. The Bertz CT molecular complexity index is 1130. The van der Waals surface area contributed by atoms with E-state index in [2.05, 4.69) is 0 Å². The number of benzene rings is 2. The molecule has 3 aromatic rings. The molecule has 2 aromatic carbocycles. The first-order valence-corrected chi connectivity index (χ1v) is 9.12. The topological polar surface area (TPSA) is 109 Å². The molecule has 0 spiro atoms. The molecule has 0 aliphatic rings. The molecule has 0 bridgehead atoms. The first kappa shape index (κ1) is 20.1. The number of carbonyl (C=O) groups excluding carboxylic acids is 2. The van der Waals surface area contributed by atoms with Crippen LogP contribution in [0.25, 0.3) is 11.0 Å². The van der Waals surface area contributed by atoms with Gasteiger partial charge in [0.1, 0.15) is 22.6 Å². The molecule has 1 heterocycles. The van der Waals surface area contributed by atoms with Gasteiger partial charge in [-0.2, -0.15) is 0 Å². The average molecular weight is 395 g/mol. The maximum Gasteiger partial charge on any atom is 0.349 e. The standard InChI is InChI=1S/C22H21NO6/c1-13-5-6-14(2)18(10-13)27-9-3-4-20(24)28-16-8-7-15-11-17(21(23)25)22(26)29-19(15)12-16/h5-8,10-12H,3-4,9H2,1-2H3,(H2,23,25). The highest BCUT2D eigenvalue weighted by molar-refractivity contribution is 5.95. The van der Waals surface area contributed by atoms with Gasteiger partial charge in [0.15, 0.2) is 0 Å². The second kappa shape index (κ2) is 8.60. The number of ether oxygens (including phenoxy) is 2. The molecule has 0 atom stereocenters. The zero-order chi connectivity index (χ0) is 21.0. The van der Waals surface area contributed by atoms with Crippen molar-refractivity contribution in [2.75, 3.05) is 6.61 Å². The number of nitrogens with two attached hydrogens (primary N) is 1. The minimum absolute atomic E-state index is 0.174. The summed E-state index contributed by atoms with van der Waals surface area (Å²) in [4.78, 5) is 35.0. The molecule has 7 heteroatoms. The van der Waals surface area contributed by atoms with Crippen LogP contribution >= 0.6 is 0 Å². The SMILES string of the molecule is Cc1ccc(C)c(OCCCC(=O)Oc2ccc3cc(C(N)=O)c(=O)oc3c2)c1. The number of hydrogen-bond donors (Lipinski definition) is 1. The van der Waals surface area contributed by atoms with Crippen LogP contribution in [0, 0.1) is 13.8 Å². The Kier molecular flexibility index (Phi) is 5.97. The number of esters is 1. The van der Waals surface area contributed by atoms with E-state index >= 15 is 0 Å². The number of primary amides is 1. The predicted octanol–water partition coefficient (Wildman–Crippen LogP) is 3.27. The van der Waals surface area contributed by atoms with E-state index in [-0.39, 0.29) is 23.3 Å². The Hall–Kier alpha value is -3.61. The summed E-state index contributed by atoms with van der Waals surface area (Å²) in [5, 5.41) is 0.500. The Balaban J connectivity index is 1.57. The van der Waals surface area contributed by atoms with E-state index in [9.17, 15) is 14.4 Å². The molecule has 0 fully saturated rings. The van der Waals surface area contributed by atoms with Crippen LogP contribution < -0.4 is 20.8 Å². The van der Waals surface area contributed by atoms with Crippen LogP contribution in [0.2, 0.25) is 0 Å². The molecule has 0 radical (unpaired) electrons. The third kappa shape index (κ3) is 5.01. The molecule has 1 amide bonds. The fourth-order valence-electron chi connectivity index (χ4n) is 2.77. The van der Waals surface area contributed by atoms with E-state index < -0.39 is 17.5 Å². The van der Waals surface area contributed by atoms with Crippen molar-refractivity contribution in [1.82, 2.24) is 0 Å². The smallest absolute Gasteiger partial charge is 0.349 e. The van der Waals surface area contributed by atoms with Gasteiger partial charge in [0, 0.05) is 17.9 Å². The van der Waals surface area contributed by atoms with Crippen LogP contribution in [0.5, 0.6) is 11.5 Å². The number of hydrogen-bond acceptors (Lipinski definition) is 6. The lowest BCUT2D eigenvalue weighted by Crippen LogP contribution is -2.20. The molecule has 0 unspecified atom stereocenters. The van der Waals surface area contributed by atoms with Crippen molar-refractivity contribution in [1.29, 1.82) is 0 Å². The molecular formula is C22H21NO6. The largest absolute Gasteiger partial charge is 0.493 e. The molecule has 150 valence electrons. The quantitative estimate of drug-likeness (QED) is 0.285. The van der Waals surface area contributed by atoms with Gasteiger partial charge in [-0.15, -0.1) is 0 Å². The molecule has 29 heavy (non-hydrogen) atoms. The van der Waals surface area contributed by atoms with Gasteiger partial charge in [0.25, 0.3) is 5.91 Å². The normalized spacial score (nSPS) is 10.7. The van der Waals surface area contributed by atoms with Crippen molar-refractivity contribution in [3.63, 3.8) is 0 Å². The molecule has 0 aliphatic carbocycles. The number of carbonyl (C=O) groups is 2. The van der Waals surface area contributed by atoms with E-state index in [0.29, 0.717) is 18.4 Å². The van der Waals surface area contributed by atoms with Gasteiger partial charge in [-0.1, -0.05) is 12.1 Å². The van der Waals surface area contributed by atoms with E-state index in [1.807, 2.05) is 32.0 Å². The minimum Gasteiger partial charge on any atom is -0.493 e. The summed E-state index contributed by atoms with van der Waals surface area (Å²) in [7, 11) is 0. The van der Waals surface area contributed by atoms with Gasteiger partial charge in [-0.05, 0) is 55.7 Å². The van der Waals surface area contributed by atoms with Crippen molar-refractivity contribution in [3.05, 3.63) is 69.6 Å². The van der Waals surface area contributed by atoms with Crippen molar-refractivity contribution in [3.8, 4) is 11.5 Å². The molecule has 0 saturated carbocycles. The monoisotopic (exact) mass is 395 g/mol. The Labute approximate surface area is 167 Å². The third-order valence-electron chi connectivity index (χ3n) is 4.33. The molecule has 1 aromatic heterocycles. The van der Waals surface area contributed by atoms with Crippen molar-refractivity contribution in [2.45, 2.75) is 26.7 Å². The lowest BCUT2D eigenvalue weighted by molar-refractivity contribution is -0.134. The first-order valence-electron chi connectivity index (χ1n) is 9.12. The van der Waals surface area contributed by atoms with Crippen LogP contribution in [0.15, 0.2) is 51.7 Å². The van der Waals surface area contributed by atoms with Crippen LogP contribution in [-0.2, 0) is 4.79 Å². The highest BCUT2D eigenvalue weighted by Gasteiger charge is 2.12. The number of fused-ring (bicyclic) bond motifs is 1. The van der Waals surface area contributed by atoms with Crippen LogP contribution in [0.4, 0.5) is 0 Å². The summed E-state index contributed by atoms with van der Waals surface area (Å²) in [6.07, 6.45) is 0.671. The van der Waals surface area contributed by atoms with Gasteiger partial charge >= 0.3 is 11.6 Å². The molecule has 0 saturated heterocycles. The van der Waals surface area contributed by atoms with Gasteiger partial charge in [-0.25, -0.2) is 4.79 Å². The second-order valence-electron chi connectivity index (χ2n) is 6.71. The second-order valence-corrected chi connectivity index (χ2v) is 6.71. The van der Waals surface area contributed by atoms with E-state index in [1.165, 1.54) is 12.1 Å². The zero-order valence-corrected chi connectivity index (χ0v) is 16.2. The van der Waals surface area contributed by atoms with Gasteiger partial charge in [-0.3, -0.25) is 9.59 Å². The molecule has 3 rings (SSSR count). The Morgan fingerprint density at radius 3 is 2.62 bits per heavy atom. The molecule has 7 nitrogen and oxygen atoms in total. The lowest BCUT2D eigenvalue weighted by atomic mass is 10.1. The Morgan fingerprint density at radius 2 is 1.86 bits per heavy atom. The summed E-state index contributed by atoms with van der Waals surface area (Å²) in [5.41, 5.74) is 6.41. The molecular weight excluding hydrogens is 374 g/mol. The summed E-state index contributed by atoms with van der Waals surface area (Å²) in [6, 6.07) is 11.9. The zero-order valence-electron chi connectivity index (χ0n) is 16.2. The molecule has 2 N–H and O–H groups in total. The average Bonchev–Trinajstić information content (AvgIpc) is 2.67. The molecule has 0 aliphatic heterocycles. The van der Waals surface area contributed by atoms with Crippen LogP contribution in [-0.4, -0.2) is 18.5 Å². The summed E-state index contributed by atoms with van der Waals surface area (Å²) in [6.45, 7) is 4.35. The minimum atomic E-state index is -0.862. The van der Waals surface area contributed by atoms with Gasteiger partial charge in [0.2, 0.25) is 0 Å². The van der Waals surface area contributed by atoms with Crippen LogP contribution in [0.1, 0.15) is 34.3 Å². The summed E-state index contributed by atoms with van der Waals surface area (Å²) < 4.78 is 16.1. The summed E-state index contributed by atoms with van der Waals surface area (Å²) in [5.74, 6) is -0.240. The maximum atomic E-state index is 12.1. The first-order chi connectivity index (χ1) is 13.8. The van der Waals surface area contributed by atoms with Gasteiger partial charge < -0.3 is 19.6 Å². The Morgan fingerprint density at radius 1 is 1.07 bits per heavy atom. The maximum absolute atomic E-state index is 12.1.